The second-order valence-corrected chi connectivity index (χ2v) is 4.15. The van der Waals surface area contributed by atoms with Gasteiger partial charge < -0.3 is 5.32 Å². The number of nitrogens with zero attached hydrogens (tertiary/aromatic N) is 1. The Kier molecular flexibility index (Phi) is 4.84. The van der Waals surface area contributed by atoms with Crippen molar-refractivity contribution in [2.45, 2.75) is 18.7 Å². The van der Waals surface area contributed by atoms with Gasteiger partial charge >= 0.3 is 0 Å². The Bertz CT molecular complexity index is 272. The zero-order chi connectivity index (χ0) is 10.4. The van der Waals surface area contributed by atoms with Crippen LogP contribution in [0.2, 0.25) is 0 Å². The van der Waals surface area contributed by atoms with Gasteiger partial charge in [0.2, 0.25) is 0 Å². The van der Waals surface area contributed by atoms with Crippen LogP contribution in [0.1, 0.15) is 13.8 Å². The molecule has 0 unspecified atom stereocenters. The molecule has 0 bridgehead atoms. The zero-order valence-electron chi connectivity index (χ0n) is 9.08. The minimum Gasteiger partial charge on any atom is -0.388 e. The van der Waals surface area contributed by atoms with Gasteiger partial charge in [-0.15, -0.1) is 0 Å². The molecule has 1 aromatic carbocycles. The van der Waals surface area contributed by atoms with Crippen LogP contribution < -0.4 is 5.32 Å². The van der Waals surface area contributed by atoms with Crippen molar-refractivity contribution in [1.29, 1.82) is 0 Å². The molecule has 0 spiro atoms. The lowest BCUT2D eigenvalue weighted by atomic mass is 10.3. The van der Waals surface area contributed by atoms with Crippen LogP contribution in [0.25, 0.3) is 0 Å². The smallest absolute Gasteiger partial charge is 0.0349 e. The Balaban J connectivity index is 2.65. The molecule has 3 heteroatoms. The molecule has 1 aromatic rings. The van der Waals surface area contributed by atoms with Gasteiger partial charge in [0.1, 0.15) is 0 Å². The second kappa shape index (κ2) is 5.94. The van der Waals surface area contributed by atoms with Crippen molar-refractivity contribution in [1.82, 2.24) is 4.31 Å². The first kappa shape index (κ1) is 11.4. The van der Waals surface area contributed by atoms with Crippen LogP contribution in [0.4, 0.5) is 5.69 Å². The van der Waals surface area contributed by atoms with E-state index in [1.54, 1.807) is 0 Å². The molecule has 0 aliphatic rings. The average molecular weight is 210 g/mol. The van der Waals surface area contributed by atoms with Gasteiger partial charge in [-0.2, -0.15) is 0 Å². The minimum absolute atomic E-state index is 1.07. The molecule has 0 aromatic heterocycles. The maximum Gasteiger partial charge on any atom is 0.0349 e. The average Bonchev–Trinajstić information content (AvgIpc) is 2.26. The van der Waals surface area contributed by atoms with Crippen LogP contribution in [-0.4, -0.2) is 24.4 Å². The SMILES string of the molecule is CCN(CC)Sc1cccc(NC)c1. The third-order valence-electron chi connectivity index (χ3n) is 2.06. The lowest BCUT2D eigenvalue weighted by Gasteiger charge is -2.16. The van der Waals surface area contributed by atoms with Crippen LogP contribution >= 0.6 is 11.9 Å². The summed E-state index contributed by atoms with van der Waals surface area (Å²) < 4.78 is 2.33. The van der Waals surface area contributed by atoms with Crippen molar-refractivity contribution in [2.75, 3.05) is 25.5 Å². The summed E-state index contributed by atoms with van der Waals surface area (Å²) in [6.07, 6.45) is 0. The number of hydrogen-bond acceptors (Lipinski definition) is 3. The second-order valence-electron chi connectivity index (χ2n) is 2.98. The van der Waals surface area contributed by atoms with E-state index in [0.717, 1.165) is 13.1 Å². The molecule has 1 N–H and O–H groups in total. The molecule has 0 saturated carbocycles. The summed E-state index contributed by atoms with van der Waals surface area (Å²) >= 11 is 1.81. The Labute approximate surface area is 90.8 Å². The Morgan fingerprint density at radius 1 is 1.29 bits per heavy atom. The van der Waals surface area contributed by atoms with E-state index in [4.69, 9.17) is 0 Å². The van der Waals surface area contributed by atoms with Crippen molar-refractivity contribution in [3.63, 3.8) is 0 Å². The van der Waals surface area contributed by atoms with Crippen molar-refractivity contribution < 1.29 is 0 Å². The molecule has 78 valence electrons. The number of benzene rings is 1. The van der Waals surface area contributed by atoms with E-state index >= 15 is 0 Å². The summed E-state index contributed by atoms with van der Waals surface area (Å²) in [6, 6.07) is 8.47. The van der Waals surface area contributed by atoms with Gasteiger partial charge in [0, 0.05) is 30.7 Å². The fourth-order valence-corrected chi connectivity index (χ4v) is 2.09. The van der Waals surface area contributed by atoms with Gasteiger partial charge in [0.15, 0.2) is 0 Å². The van der Waals surface area contributed by atoms with Crippen LogP contribution in [0.5, 0.6) is 0 Å². The molecule has 0 heterocycles. The van der Waals surface area contributed by atoms with Gasteiger partial charge in [-0.25, -0.2) is 4.31 Å². The first-order valence-electron chi connectivity index (χ1n) is 5.00. The molecule has 0 amide bonds. The molecule has 0 fully saturated rings. The molecular formula is C11H18N2S. The highest BCUT2D eigenvalue weighted by Crippen LogP contribution is 2.24. The maximum atomic E-state index is 3.14. The van der Waals surface area contributed by atoms with Crippen LogP contribution in [0.15, 0.2) is 29.2 Å². The summed E-state index contributed by atoms with van der Waals surface area (Å²) in [4.78, 5) is 1.29. The van der Waals surface area contributed by atoms with E-state index < -0.39 is 0 Å². The van der Waals surface area contributed by atoms with E-state index in [2.05, 4.69) is 47.7 Å². The van der Waals surface area contributed by atoms with Crippen LogP contribution in [0, 0.1) is 0 Å². The zero-order valence-corrected chi connectivity index (χ0v) is 9.90. The van der Waals surface area contributed by atoms with Gasteiger partial charge in [-0.3, -0.25) is 0 Å². The molecule has 0 aliphatic carbocycles. The number of nitrogens with one attached hydrogen (secondary N) is 1. The summed E-state index contributed by atoms with van der Waals surface area (Å²) in [7, 11) is 1.95. The first-order chi connectivity index (χ1) is 6.80. The summed E-state index contributed by atoms with van der Waals surface area (Å²) in [5, 5.41) is 3.14. The van der Waals surface area contributed by atoms with Crippen LogP contribution in [-0.2, 0) is 0 Å². The Morgan fingerprint density at radius 2 is 2.00 bits per heavy atom. The summed E-state index contributed by atoms with van der Waals surface area (Å²) in [5.41, 5.74) is 1.17. The lowest BCUT2D eigenvalue weighted by Crippen LogP contribution is -2.13. The monoisotopic (exact) mass is 210 g/mol. The molecule has 0 aliphatic heterocycles. The maximum absolute atomic E-state index is 3.14. The Hall–Kier alpha value is -0.670. The molecule has 0 atom stereocenters. The quantitative estimate of drug-likeness (QED) is 0.752. The highest BCUT2D eigenvalue weighted by molar-refractivity contribution is 7.97. The first-order valence-corrected chi connectivity index (χ1v) is 5.78. The van der Waals surface area contributed by atoms with Gasteiger partial charge in [0.25, 0.3) is 0 Å². The molecule has 2 nitrogen and oxygen atoms in total. The molecular weight excluding hydrogens is 192 g/mol. The van der Waals surface area contributed by atoms with E-state index in [9.17, 15) is 0 Å². The normalized spacial score (nSPS) is 10.6. The third-order valence-corrected chi connectivity index (χ3v) is 3.30. The van der Waals surface area contributed by atoms with Gasteiger partial charge in [0.05, 0.1) is 0 Å². The van der Waals surface area contributed by atoms with E-state index in [1.807, 2.05) is 19.0 Å². The highest BCUT2D eigenvalue weighted by atomic mass is 32.2. The number of anilines is 1. The molecule has 14 heavy (non-hydrogen) atoms. The highest BCUT2D eigenvalue weighted by Gasteiger charge is 2.01. The van der Waals surface area contributed by atoms with Gasteiger partial charge in [-0.1, -0.05) is 19.9 Å². The van der Waals surface area contributed by atoms with E-state index in [-0.39, 0.29) is 0 Å². The summed E-state index contributed by atoms with van der Waals surface area (Å²) in [5.74, 6) is 0. The number of rotatable bonds is 5. The van der Waals surface area contributed by atoms with Crippen LogP contribution in [0.3, 0.4) is 0 Å². The van der Waals surface area contributed by atoms with Crippen molar-refractivity contribution >= 4 is 17.6 Å². The molecule has 1 rings (SSSR count). The van der Waals surface area contributed by atoms with Crippen molar-refractivity contribution in [3.8, 4) is 0 Å². The predicted molar refractivity (Wildman–Crippen MR) is 64.8 cm³/mol. The predicted octanol–water partition coefficient (Wildman–Crippen LogP) is 3.08. The van der Waals surface area contributed by atoms with Crippen molar-refractivity contribution in [3.05, 3.63) is 24.3 Å². The minimum atomic E-state index is 1.07. The largest absolute Gasteiger partial charge is 0.388 e. The molecule has 0 saturated heterocycles. The van der Waals surface area contributed by atoms with E-state index in [0.29, 0.717) is 0 Å². The van der Waals surface area contributed by atoms with E-state index in [1.165, 1.54) is 10.6 Å². The summed E-state index contributed by atoms with van der Waals surface area (Å²) in [6.45, 7) is 6.51. The molecule has 0 radical (unpaired) electrons. The Morgan fingerprint density at radius 3 is 2.57 bits per heavy atom. The fraction of sp³-hybridized carbons (Fsp3) is 0.455. The lowest BCUT2D eigenvalue weighted by molar-refractivity contribution is 0.525. The van der Waals surface area contributed by atoms with Crippen molar-refractivity contribution in [2.24, 2.45) is 0 Å². The fourth-order valence-electron chi connectivity index (χ4n) is 1.21. The topological polar surface area (TPSA) is 15.3 Å². The number of hydrogen-bond donors (Lipinski definition) is 1. The third kappa shape index (κ3) is 3.24. The van der Waals surface area contributed by atoms with Gasteiger partial charge in [-0.05, 0) is 30.1 Å². The standard InChI is InChI=1S/C11H18N2S/c1-4-13(5-2)14-11-8-6-7-10(9-11)12-3/h6-9,12H,4-5H2,1-3H3.